The van der Waals surface area contributed by atoms with Crippen LogP contribution < -0.4 is 0 Å². The first-order valence-electron chi connectivity index (χ1n) is 5.46. The molecule has 0 saturated carbocycles. The normalized spacial score (nSPS) is 12.1. The first-order valence-corrected chi connectivity index (χ1v) is 6.90. The van der Waals surface area contributed by atoms with Gasteiger partial charge in [-0.3, -0.25) is 0 Å². The number of nitrogens with zero attached hydrogens (tertiary/aromatic N) is 1. The van der Waals surface area contributed by atoms with Gasteiger partial charge in [0, 0.05) is 12.6 Å². The van der Waals surface area contributed by atoms with Gasteiger partial charge in [0.25, 0.3) is 10.0 Å². The molecule has 0 saturated heterocycles. The van der Waals surface area contributed by atoms with Crippen LogP contribution in [0.4, 0.5) is 0 Å². The second-order valence-corrected chi connectivity index (χ2v) is 5.49. The van der Waals surface area contributed by atoms with Crippen LogP contribution in [0.25, 0.3) is 0 Å². The molecule has 0 aliphatic heterocycles. The molecule has 0 atom stereocenters. The van der Waals surface area contributed by atoms with Crippen molar-refractivity contribution in [1.29, 1.82) is 0 Å². The summed E-state index contributed by atoms with van der Waals surface area (Å²) < 4.78 is 32.4. The maximum atomic E-state index is 11.8. The van der Waals surface area contributed by atoms with Crippen molar-refractivity contribution >= 4 is 16.2 Å². The van der Waals surface area contributed by atoms with Crippen LogP contribution in [0.3, 0.4) is 0 Å². The number of rotatable bonds is 4. The largest absolute Gasteiger partial charge is 0.469 e. The summed E-state index contributed by atoms with van der Waals surface area (Å²) in [4.78, 5) is 0.198. The fourth-order valence-corrected chi connectivity index (χ4v) is 2.30. The number of furan rings is 1. The highest BCUT2D eigenvalue weighted by Crippen LogP contribution is 2.12. The predicted octanol–water partition coefficient (Wildman–Crippen LogP) is 2.59. The summed E-state index contributed by atoms with van der Waals surface area (Å²) in [5, 5.41) is 0. The van der Waals surface area contributed by atoms with Gasteiger partial charge in [0.05, 0.1) is 11.2 Å². The summed E-state index contributed by atoms with van der Waals surface area (Å²) in [5.74, 6) is 0.679. The van der Waals surface area contributed by atoms with Crippen molar-refractivity contribution in [1.82, 2.24) is 0 Å². The van der Waals surface area contributed by atoms with E-state index in [1.807, 2.05) is 6.92 Å². The topological polar surface area (TPSA) is 59.6 Å². The zero-order valence-corrected chi connectivity index (χ0v) is 10.7. The van der Waals surface area contributed by atoms with Crippen molar-refractivity contribution in [3.05, 3.63) is 54.0 Å². The molecule has 0 amide bonds. The molecule has 0 spiro atoms. The Kier molecular flexibility index (Phi) is 3.62. The first kappa shape index (κ1) is 12.6. The lowest BCUT2D eigenvalue weighted by atomic mass is 10.2. The Balaban J connectivity index is 2.12. The third-order valence-electron chi connectivity index (χ3n) is 2.40. The van der Waals surface area contributed by atoms with Gasteiger partial charge in [-0.2, -0.15) is 12.8 Å². The Morgan fingerprint density at radius 3 is 2.56 bits per heavy atom. The zero-order chi connectivity index (χ0) is 13.0. The summed E-state index contributed by atoms with van der Waals surface area (Å²) in [6, 6.07) is 10.1. The van der Waals surface area contributed by atoms with Gasteiger partial charge in [-0.1, -0.05) is 17.7 Å². The average Bonchev–Trinajstić information content (AvgIpc) is 2.82. The molecule has 1 aromatic heterocycles. The fraction of sp³-hybridized carbons (Fsp3) is 0.154. The Labute approximate surface area is 106 Å². The molecule has 1 heterocycles. The molecular formula is C13H13NO3S. The van der Waals surface area contributed by atoms with Crippen LogP contribution in [0, 0.1) is 6.92 Å². The van der Waals surface area contributed by atoms with Gasteiger partial charge < -0.3 is 4.42 Å². The van der Waals surface area contributed by atoms with Gasteiger partial charge in [-0.15, -0.1) is 0 Å². The average molecular weight is 263 g/mol. The van der Waals surface area contributed by atoms with E-state index in [1.54, 1.807) is 36.4 Å². The summed E-state index contributed by atoms with van der Waals surface area (Å²) in [7, 11) is -3.60. The highest BCUT2D eigenvalue weighted by Gasteiger charge is 2.10. The minimum absolute atomic E-state index is 0.198. The highest BCUT2D eigenvalue weighted by molar-refractivity contribution is 7.90. The van der Waals surface area contributed by atoms with Crippen LogP contribution in [0.15, 0.2) is 56.4 Å². The Morgan fingerprint density at radius 2 is 1.94 bits per heavy atom. The predicted molar refractivity (Wildman–Crippen MR) is 69.3 cm³/mol. The fourth-order valence-electron chi connectivity index (χ4n) is 1.43. The van der Waals surface area contributed by atoms with E-state index in [9.17, 15) is 8.42 Å². The lowest BCUT2D eigenvalue weighted by Crippen LogP contribution is -1.98. The van der Waals surface area contributed by atoms with Gasteiger partial charge in [-0.05, 0) is 31.2 Å². The lowest BCUT2D eigenvalue weighted by Gasteiger charge is -1.98. The minimum Gasteiger partial charge on any atom is -0.469 e. The van der Waals surface area contributed by atoms with Crippen LogP contribution >= 0.6 is 0 Å². The van der Waals surface area contributed by atoms with Crippen LogP contribution in [0.5, 0.6) is 0 Å². The molecule has 18 heavy (non-hydrogen) atoms. The van der Waals surface area contributed by atoms with E-state index in [-0.39, 0.29) is 4.90 Å². The van der Waals surface area contributed by atoms with E-state index in [2.05, 4.69) is 4.40 Å². The quantitative estimate of drug-likeness (QED) is 0.796. The standard InChI is InChI=1S/C13H13NO3S/c1-11-4-6-13(7-5-11)18(15,16)14-9-8-12-3-2-10-17-12/h2-7,9-10H,8H2,1H3. The van der Waals surface area contributed by atoms with Gasteiger partial charge >= 0.3 is 0 Å². The molecule has 0 aliphatic rings. The number of hydrogen-bond donors (Lipinski definition) is 0. The SMILES string of the molecule is Cc1ccc(S(=O)(=O)N=CCc2ccco2)cc1. The van der Waals surface area contributed by atoms with E-state index >= 15 is 0 Å². The maximum Gasteiger partial charge on any atom is 0.281 e. The monoisotopic (exact) mass is 263 g/mol. The Morgan fingerprint density at radius 1 is 1.22 bits per heavy atom. The van der Waals surface area contributed by atoms with Gasteiger partial charge in [-0.25, -0.2) is 0 Å². The van der Waals surface area contributed by atoms with Gasteiger partial charge in [0.2, 0.25) is 0 Å². The molecular weight excluding hydrogens is 250 g/mol. The third kappa shape index (κ3) is 3.07. The Bertz CT molecular complexity index is 625. The van der Waals surface area contributed by atoms with Crippen LogP contribution in [-0.4, -0.2) is 14.6 Å². The second-order valence-electron chi connectivity index (χ2n) is 3.86. The molecule has 0 fully saturated rings. The molecule has 0 unspecified atom stereocenters. The summed E-state index contributed by atoms with van der Waals surface area (Å²) >= 11 is 0. The van der Waals surface area contributed by atoms with Crippen molar-refractivity contribution in [3.63, 3.8) is 0 Å². The molecule has 0 bridgehead atoms. The molecule has 0 radical (unpaired) electrons. The number of benzene rings is 1. The van der Waals surface area contributed by atoms with E-state index in [4.69, 9.17) is 4.42 Å². The molecule has 2 aromatic rings. The molecule has 0 aliphatic carbocycles. The summed E-state index contributed by atoms with van der Waals surface area (Å²) in [6.45, 7) is 1.90. The minimum atomic E-state index is -3.60. The molecule has 94 valence electrons. The molecule has 2 rings (SSSR count). The number of hydrogen-bond acceptors (Lipinski definition) is 3. The second kappa shape index (κ2) is 5.18. The lowest BCUT2D eigenvalue weighted by molar-refractivity contribution is 0.527. The van der Waals surface area contributed by atoms with Crippen molar-refractivity contribution in [2.24, 2.45) is 4.40 Å². The van der Waals surface area contributed by atoms with E-state index in [0.29, 0.717) is 12.2 Å². The maximum absolute atomic E-state index is 11.8. The van der Waals surface area contributed by atoms with Crippen molar-refractivity contribution in [3.8, 4) is 0 Å². The molecule has 5 heteroatoms. The van der Waals surface area contributed by atoms with Gasteiger partial charge in [0.1, 0.15) is 5.76 Å². The van der Waals surface area contributed by atoms with Gasteiger partial charge in [0.15, 0.2) is 0 Å². The van der Waals surface area contributed by atoms with Crippen molar-refractivity contribution in [2.75, 3.05) is 0 Å². The first-order chi connectivity index (χ1) is 8.58. The highest BCUT2D eigenvalue weighted by atomic mass is 32.2. The summed E-state index contributed by atoms with van der Waals surface area (Å²) in [5.41, 5.74) is 1.01. The summed E-state index contributed by atoms with van der Waals surface area (Å²) in [6.07, 6.45) is 3.24. The number of aryl methyl sites for hydroxylation is 1. The Hall–Kier alpha value is -1.88. The smallest absolute Gasteiger partial charge is 0.281 e. The van der Waals surface area contributed by atoms with Crippen molar-refractivity contribution in [2.45, 2.75) is 18.2 Å². The molecule has 1 aromatic carbocycles. The number of sulfonamides is 1. The third-order valence-corrected chi connectivity index (χ3v) is 3.70. The van der Waals surface area contributed by atoms with Crippen molar-refractivity contribution < 1.29 is 12.8 Å². The zero-order valence-electron chi connectivity index (χ0n) is 9.91. The molecule has 4 nitrogen and oxygen atoms in total. The van der Waals surface area contributed by atoms with Crippen LogP contribution in [-0.2, 0) is 16.4 Å². The van der Waals surface area contributed by atoms with Crippen LogP contribution in [0.2, 0.25) is 0 Å². The van der Waals surface area contributed by atoms with E-state index in [1.165, 1.54) is 12.5 Å². The van der Waals surface area contributed by atoms with E-state index < -0.39 is 10.0 Å². The van der Waals surface area contributed by atoms with E-state index in [0.717, 1.165) is 5.56 Å². The van der Waals surface area contributed by atoms with Crippen LogP contribution in [0.1, 0.15) is 11.3 Å². The molecule has 0 N–H and O–H groups in total.